The fraction of sp³-hybridized carbons (Fsp3) is 0.500. The van der Waals surface area contributed by atoms with Gasteiger partial charge in [-0.05, 0) is 37.1 Å². The Morgan fingerprint density at radius 1 is 1.50 bits per heavy atom. The number of benzene rings is 1. The summed E-state index contributed by atoms with van der Waals surface area (Å²) in [6.45, 7) is 4.55. The van der Waals surface area contributed by atoms with Crippen molar-refractivity contribution in [1.82, 2.24) is 5.32 Å². The average molecular weight is 269 g/mol. The summed E-state index contributed by atoms with van der Waals surface area (Å²) in [5.74, 6) is 0.302. The molecule has 1 unspecified atom stereocenters. The Balaban J connectivity index is 2.54. The van der Waals surface area contributed by atoms with Crippen molar-refractivity contribution in [2.24, 2.45) is 11.7 Å². The van der Waals surface area contributed by atoms with E-state index in [1.165, 1.54) is 0 Å². The number of rotatable bonds is 6. The van der Waals surface area contributed by atoms with Gasteiger partial charge in [-0.1, -0.05) is 37.1 Å². The molecule has 0 aliphatic rings. The van der Waals surface area contributed by atoms with Gasteiger partial charge in [0.25, 0.3) is 0 Å². The molecule has 0 bridgehead atoms. The normalized spacial score (nSPS) is 14.0. The number of carbonyl (C=O) groups excluding carboxylic acids is 1. The van der Waals surface area contributed by atoms with Crippen molar-refractivity contribution in [3.8, 4) is 0 Å². The van der Waals surface area contributed by atoms with Gasteiger partial charge in [-0.15, -0.1) is 0 Å². The molecular formula is C14H21ClN2O. The predicted octanol–water partition coefficient (Wildman–Crippen LogP) is 2.89. The van der Waals surface area contributed by atoms with E-state index in [1.54, 1.807) is 0 Å². The molecule has 2 atom stereocenters. The van der Waals surface area contributed by atoms with Crippen LogP contribution in [-0.4, -0.2) is 12.5 Å². The molecule has 0 aliphatic heterocycles. The van der Waals surface area contributed by atoms with Crippen LogP contribution in [0.2, 0.25) is 5.02 Å². The Kier molecular flexibility index (Phi) is 6.16. The SMILES string of the molecule is CCC(CN)CC(=O)N[C@@H](C)c1cccc(Cl)c1. The first-order valence-corrected chi connectivity index (χ1v) is 6.69. The first kappa shape index (κ1) is 15.0. The zero-order valence-electron chi connectivity index (χ0n) is 10.9. The molecular weight excluding hydrogens is 248 g/mol. The summed E-state index contributed by atoms with van der Waals surface area (Å²) in [5.41, 5.74) is 6.61. The average Bonchev–Trinajstić information content (AvgIpc) is 2.35. The Labute approximate surface area is 114 Å². The molecule has 3 N–H and O–H groups in total. The van der Waals surface area contributed by atoms with Crippen molar-refractivity contribution in [3.63, 3.8) is 0 Å². The molecule has 0 spiro atoms. The van der Waals surface area contributed by atoms with Gasteiger partial charge < -0.3 is 11.1 Å². The summed E-state index contributed by atoms with van der Waals surface area (Å²) in [6.07, 6.45) is 1.41. The minimum Gasteiger partial charge on any atom is -0.350 e. The minimum absolute atomic E-state index is 0.0357. The number of amides is 1. The van der Waals surface area contributed by atoms with Gasteiger partial charge in [-0.3, -0.25) is 4.79 Å². The van der Waals surface area contributed by atoms with E-state index in [0.29, 0.717) is 18.0 Å². The largest absolute Gasteiger partial charge is 0.350 e. The van der Waals surface area contributed by atoms with Crippen molar-refractivity contribution < 1.29 is 4.79 Å². The van der Waals surface area contributed by atoms with Gasteiger partial charge in [-0.25, -0.2) is 0 Å². The second kappa shape index (κ2) is 7.39. The predicted molar refractivity (Wildman–Crippen MR) is 75.5 cm³/mol. The summed E-state index contributed by atoms with van der Waals surface area (Å²) in [6, 6.07) is 7.49. The summed E-state index contributed by atoms with van der Waals surface area (Å²) >= 11 is 5.93. The van der Waals surface area contributed by atoms with Crippen molar-refractivity contribution >= 4 is 17.5 Å². The van der Waals surface area contributed by atoms with E-state index in [0.717, 1.165) is 12.0 Å². The van der Waals surface area contributed by atoms with Crippen LogP contribution in [0.25, 0.3) is 0 Å². The van der Waals surface area contributed by atoms with Crippen LogP contribution in [0.3, 0.4) is 0 Å². The standard InChI is InChI=1S/C14H21ClN2O/c1-3-11(9-16)7-14(18)17-10(2)12-5-4-6-13(15)8-12/h4-6,8,10-11H,3,7,9,16H2,1-2H3,(H,17,18)/t10-,11?/m0/s1. The molecule has 0 aliphatic carbocycles. The maximum atomic E-state index is 11.8. The third kappa shape index (κ3) is 4.67. The number of hydrogen-bond donors (Lipinski definition) is 2. The van der Waals surface area contributed by atoms with Crippen molar-refractivity contribution in [2.45, 2.75) is 32.7 Å². The highest BCUT2D eigenvalue weighted by atomic mass is 35.5. The van der Waals surface area contributed by atoms with E-state index in [4.69, 9.17) is 17.3 Å². The fourth-order valence-electron chi connectivity index (χ4n) is 1.82. The van der Waals surface area contributed by atoms with Gasteiger partial charge in [0, 0.05) is 11.4 Å². The van der Waals surface area contributed by atoms with Crippen LogP contribution in [0.1, 0.15) is 38.3 Å². The lowest BCUT2D eigenvalue weighted by atomic mass is 10.0. The Bertz CT molecular complexity index is 391. The van der Waals surface area contributed by atoms with E-state index in [2.05, 4.69) is 5.32 Å². The second-order valence-electron chi connectivity index (χ2n) is 4.56. The summed E-state index contributed by atoms with van der Waals surface area (Å²) in [5, 5.41) is 3.65. The summed E-state index contributed by atoms with van der Waals surface area (Å²) in [4.78, 5) is 11.8. The van der Waals surface area contributed by atoms with Crippen LogP contribution < -0.4 is 11.1 Å². The molecule has 3 nitrogen and oxygen atoms in total. The van der Waals surface area contributed by atoms with Gasteiger partial charge in [0.2, 0.25) is 5.91 Å². The van der Waals surface area contributed by atoms with Crippen molar-refractivity contribution in [1.29, 1.82) is 0 Å². The quantitative estimate of drug-likeness (QED) is 0.834. The first-order chi connectivity index (χ1) is 8.56. The molecule has 0 radical (unpaired) electrons. The molecule has 0 heterocycles. The van der Waals surface area contributed by atoms with E-state index in [-0.39, 0.29) is 17.9 Å². The van der Waals surface area contributed by atoms with Crippen LogP contribution in [0.4, 0.5) is 0 Å². The summed E-state index contributed by atoms with van der Waals surface area (Å²) in [7, 11) is 0. The Hall–Kier alpha value is -1.06. The number of nitrogens with two attached hydrogens (primary N) is 1. The maximum absolute atomic E-state index is 11.8. The summed E-state index contributed by atoms with van der Waals surface area (Å²) < 4.78 is 0. The second-order valence-corrected chi connectivity index (χ2v) is 4.99. The molecule has 4 heteroatoms. The fourth-order valence-corrected chi connectivity index (χ4v) is 2.01. The molecule has 1 rings (SSSR count). The highest BCUT2D eigenvalue weighted by Gasteiger charge is 2.13. The first-order valence-electron chi connectivity index (χ1n) is 6.31. The van der Waals surface area contributed by atoms with Crippen LogP contribution in [0.5, 0.6) is 0 Å². The van der Waals surface area contributed by atoms with Gasteiger partial charge in [0.1, 0.15) is 0 Å². The van der Waals surface area contributed by atoms with Gasteiger partial charge >= 0.3 is 0 Å². The zero-order chi connectivity index (χ0) is 13.5. The lowest BCUT2D eigenvalue weighted by Gasteiger charge is -2.17. The molecule has 1 amide bonds. The lowest BCUT2D eigenvalue weighted by Crippen LogP contribution is -2.30. The third-order valence-electron chi connectivity index (χ3n) is 3.11. The Morgan fingerprint density at radius 2 is 2.22 bits per heavy atom. The molecule has 0 saturated heterocycles. The smallest absolute Gasteiger partial charge is 0.220 e. The topological polar surface area (TPSA) is 55.1 Å². The maximum Gasteiger partial charge on any atom is 0.220 e. The molecule has 0 fully saturated rings. The van der Waals surface area contributed by atoms with Gasteiger partial charge in [0.15, 0.2) is 0 Å². The highest BCUT2D eigenvalue weighted by molar-refractivity contribution is 6.30. The monoisotopic (exact) mass is 268 g/mol. The van der Waals surface area contributed by atoms with E-state index < -0.39 is 0 Å². The number of carbonyl (C=O) groups is 1. The zero-order valence-corrected chi connectivity index (χ0v) is 11.7. The highest BCUT2D eigenvalue weighted by Crippen LogP contribution is 2.17. The Morgan fingerprint density at radius 3 is 2.78 bits per heavy atom. The van der Waals surface area contributed by atoms with Crippen LogP contribution in [0.15, 0.2) is 24.3 Å². The van der Waals surface area contributed by atoms with Gasteiger partial charge in [0.05, 0.1) is 6.04 Å². The number of hydrogen-bond acceptors (Lipinski definition) is 2. The van der Waals surface area contributed by atoms with Gasteiger partial charge in [-0.2, -0.15) is 0 Å². The molecule has 18 heavy (non-hydrogen) atoms. The van der Waals surface area contributed by atoms with Crippen LogP contribution in [-0.2, 0) is 4.79 Å². The minimum atomic E-state index is -0.0357. The number of nitrogens with one attached hydrogen (secondary N) is 1. The van der Waals surface area contributed by atoms with E-state index in [1.807, 2.05) is 38.1 Å². The van der Waals surface area contributed by atoms with E-state index in [9.17, 15) is 4.79 Å². The van der Waals surface area contributed by atoms with Crippen LogP contribution >= 0.6 is 11.6 Å². The molecule has 100 valence electrons. The van der Waals surface area contributed by atoms with Crippen LogP contribution in [0, 0.1) is 5.92 Å². The van der Waals surface area contributed by atoms with Crippen molar-refractivity contribution in [2.75, 3.05) is 6.54 Å². The number of halogens is 1. The molecule has 1 aromatic rings. The molecule has 1 aromatic carbocycles. The van der Waals surface area contributed by atoms with E-state index >= 15 is 0 Å². The molecule has 0 aromatic heterocycles. The van der Waals surface area contributed by atoms with Crippen molar-refractivity contribution in [3.05, 3.63) is 34.9 Å². The lowest BCUT2D eigenvalue weighted by molar-refractivity contribution is -0.122. The third-order valence-corrected chi connectivity index (χ3v) is 3.35. The molecule has 0 saturated carbocycles.